The Kier molecular flexibility index (Phi) is 39.4. The molecule has 0 radical (unpaired) electrons. The van der Waals surface area contributed by atoms with Crippen LogP contribution in [0.25, 0.3) is 0 Å². The monoisotopic (exact) mass is 779 g/mol. The Hall–Kier alpha value is -1.59. The number of esters is 3. The molecule has 0 aromatic heterocycles. The topological polar surface area (TPSA) is 78.9 Å². The summed E-state index contributed by atoms with van der Waals surface area (Å²) in [5, 5.41) is 0. The van der Waals surface area contributed by atoms with Crippen molar-refractivity contribution >= 4 is 17.9 Å². The molecule has 326 valence electrons. The Morgan fingerprint density at radius 3 is 0.782 bits per heavy atom. The highest BCUT2D eigenvalue weighted by molar-refractivity contribution is 5.71. The molecule has 0 aliphatic rings. The lowest BCUT2D eigenvalue weighted by Gasteiger charge is -2.18. The first-order valence-corrected chi connectivity index (χ1v) is 24.1. The normalized spacial score (nSPS) is 12.2. The first-order valence-electron chi connectivity index (χ1n) is 24.1. The highest BCUT2D eigenvalue weighted by atomic mass is 16.6. The van der Waals surface area contributed by atoms with Gasteiger partial charge in [-0.15, -0.1) is 0 Å². The first-order chi connectivity index (χ1) is 26.6. The zero-order valence-electron chi connectivity index (χ0n) is 37.7. The molecular weight excluding hydrogens is 685 g/mol. The predicted molar refractivity (Wildman–Crippen MR) is 233 cm³/mol. The number of hydrogen-bond acceptors (Lipinski definition) is 6. The molecule has 0 aromatic carbocycles. The molecule has 6 nitrogen and oxygen atoms in total. The van der Waals surface area contributed by atoms with Crippen molar-refractivity contribution < 1.29 is 28.6 Å². The number of ether oxygens (including phenoxy) is 3. The lowest BCUT2D eigenvalue weighted by Crippen LogP contribution is -2.30. The minimum absolute atomic E-state index is 0.0660. The molecule has 0 aliphatic heterocycles. The molecule has 0 aliphatic carbocycles. The van der Waals surface area contributed by atoms with E-state index in [-0.39, 0.29) is 31.1 Å². The van der Waals surface area contributed by atoms with E-state index in [0.29, 0.717) is 19.3 Å². The van der Waals surface area contributed by atoms with E-state index in [1.54, 1.807) is 0 Å². The molecule has 0 fully saturated rings. The minimum atomic E-state index is -0.762. The van der Waals surface area contributed by atoms with Gasteiger partial charge < -0.3 is 14.2 Å². The van der Waals surface area contributed by atoms with E-state index in [9.17, 15) is 14.4 Å². The summed E-state index contributed by atoms with van der Waals surface area (Å²) in [6.07, 6.45) is 38.1. The van der Waals surface area contributed by atoms with Crippen molar-refractivity contribution in [3.8, 4) is 0 Å². The molecule has 0 saturated carbocycles. The van der Waals surface area contributed by atoms with Crippen LogP contribution in [0.1, 0.15) is 260 Å². The SMILES string of the molecule is CC(C)CCCCCCCCCCCCCC(=O)OC[C@@H](COC(=O)CCCCCCCCCCCCC(C)C)OC(=O)CCCCCCCCCC(C)C. The van der Waals surface area contributed by atoms with Crippen LogP contribution in [-0.2, 0) is 28.6 Å². The zero-order chi connectivity index (χ0) is 40.6. The van der Waals surface area contributed by atoms with Gasteiger partial charge in [-0.05, 0) is 37.0 Å². The first kappa shape index (κ1) is 53.4. The molecule has 0 amide bonds. The van der Waals surface area contributed by atoms with Gasteiger partial charge in [-0.1, -0.05) is 221 Å². The van der Waals surface area contributed by atoms with E-state index in [2.05, 4.69) is 41.5 Å². The van der Waals surface area contributed by atoms with Crippen molar-refractivity contribution in [1.82, 2.24) is 0 Å². The smallest absolute Gasteiger partial charge is 0.306 e. The fourth-order valence-electron chi connectivity index (χ4n) is 7.23. The van der Waals surface area contributed by atoms with Crippen LogP contribution < -0.4 is 0 Å². The number of hydrogen-bond donors (Lipinski definition) is 0. The number of carbonyl (C=O) groups is 3. The van der Waals surface area contributed by atoms with Crippen LogP contribution in [0.2, 0.25) is 0 Å². The largest absolute Gasteiger partial charge is 0.462 e. The van der Waals surface area contributed by atoms with E-state index in [4.69, 9.17) is 14.2 Å². The van der Waals surface area contributed by atoms with Crippen LogP contribution in [0.15, 0.2) is 0 Å². The van der Waals surface area contributed by atoms with Crippen LogP contribution in [0.5, 0.6) is 0 Å². The molecular formula is C49H94O6. The Balaban J connectivity index is 4.31. The third-order valence-electron chi connectivity index (χ3n) is 10.9. The van der Waals surface area contributed by atoms with E-state index in [1.165, 1.54) is 141 Å². The molecule has 0 N–H and O–H groups in total. The van der Waals surface area contributed by atoms with Gasteiger partial charge in [-0.25, -0.2) is 0 Å². The lowest BCUT2D eigenvalue weighted by atomic mass is 10.0. The zero-order valence-corrected chi connectivity index (χ0v) is 37.7. The van der Waals surface area contributed by atoms with E-state index in [1.807, 2.05) is 0 Å². The van der Waals surface area contributed by atoms with Gasteiger partial charge in [0.2, 0.25) is 0 Å². The van der Waals surface area contributed by atoms with Gasteiger partial charge in [0.15, 0.2) is 6.10 Å². The van der Waals surface area contributed by atoms with Crippen molar-refractivity contribution in [1.29, 1.82) is 0 Å². The Morgan fingerprint density at radius 1 is 0.309 bits per heavy atom. The molecule has 1 atom stereocenters. The van der Waals surface area contributed by atoms with Gasteiger partial charge >= 0.3 is 17.9 Å². The summed E-state index contributed by atoms with van der Waals surface area (Å²) in [4.78, 5) is 37.8. The van der Waals surface area contributed by atoms with Crippen LogP contribution in [-0.4, -0.2) is 37.2 Å². The average molecular weight is 779 g/mol. The van der Waals surface area contributed by atoms with Gasteiger partial charge in [0.1, 0.15) is 13.2 Å². The molecule has 6 heteroatoms. The van der Waals surface area contributed by atoms with Crippen molar-refractivity contribution in [2.45, 2.75) is 266 Å². The van der Waals surface area contributed by atoms with Gasteiger partial charge in [-0.3, -0.25) is 14.4 Å². The summed E-state index contributed by atoms with van der Waals surface area (Å²) < 4.78 is 16.7. The summed E-state index contributed by atoms with van der Waals surface area (Å²) in [7, 11) is 0. The van der Waals surface area contributed by atoms with Crippen molar-refractivity contribution in [3.63, 3.8) is 0 Å². The lowest BCUT2D eigenvalue weighted by molar-refractivity contribution is -0.167. The number of carbonyl (C=O) groups excluding carboxylic acids is 3. The third kappa shape index (κ3) is 43.4. The molecule has 0 bridgehead atoms. The predicted octanol–water partition coefficient (Wildman–Crippen LogP) is 15.2. The van der Waals surface area contributed by atoms with E-state index >= 15 is 0 Å². The van der Waals surface area contributed by atoms with Crippen LogP contribution >= 0.6 is 0 Å². The van der Waals surface area contributed by atoms with Crippen LogP contribution in [0.3, 0.4) is 0 Å². The number of rotatable bonds is 42. The van der Waals surface area contributed by atoms with Gasteiger partial charge in [0.05, 0.1) is 0 Å². The van der Waals surface area contributed by atoms with Crippen LogP contribution in [0, 0.1) is 17.8 Å². The van der Waals surface area contributed by atoms with E-state index < -0.39 is 6.10 Å². The molecule has 0 rings (SSSR count). The second kappa shape index (κ2) is 40.6. The number of unbranched alkanes of at least 4 members (excludes halogenated alkanes) is 25. The summed E-state index contributed by atoms with van der Waals surface area (Å²) >= 11 is 0. The summed E-state index contributed by atoms with van der Waals surface area (Å²) in [5.41, 5.74) is 0. The standard InChI is InChI=1S/C49H94O6/c1-43(2)35-29-23-17-12-8-7-9-14-20-26-32-38-47(50)53-41-46(55-49(52)40-34-28-22-16-19-25-31-37-45(5)6)42-54-48(51)39-33-27-21-15-11-10-13-18-24-30-36-44(3)4/h43-46H,7-42H2,1-6H3/t46-/m0/s1. The Morgan fingerprint density at radius 2 is 0.527 bits per heavy atom. The third-order valence-corrected chi connectivity index (χ3v) is 10.9. The maximum atomic E-state index is 12.7. The quantitative estimate of drug-likeness (QED) is 0.0349. The maximum absolute atomic E-state index is 12.7. The van der Waals surface area contributed by atoms with Gasteiger partial charge in [-0.2, -0.15) is 0 Å². The van der Waals surface area contributed by atoms with Crippen molar-refractivity contribution in [3.05, 3.63) is 0 Å². The van der Waals surface area contributed by atoms with Crippen LogP contribution in [0.4, 0.5) is 0 Å². The fraction of sp³-hybridized carbons (Fsp3) is 0.939. The molecule has 0 aromatic rings. The summed E-state index contributed by atoms with van der Waals surface area (Å²) in [6, 6.07) is 0. The molecule has 0 spiro atoms. The van der Waals surface area contributed by atoms with Crippen molar-refractivity contribution in [2.24, 2.45) is 17.8 Å². The maximum Gasteiger partial charge on any atom is 0.306 e. The van der Waals surface area contributed by atoms with Gasteiger partial charge in [0, 0.05) is 19.3 Å². The highest BCUT2D eigenvalue weighted by Gasteiger charge is 2.19. The second-order valence-corrected chi connectivity index (χ2v) is 18.2. The highest BCUT2D eigenvalue weighted by Crippen LogP contribution is 2.17. The van der Waals surface area contributed by atoms with E-state index in [0.717, 1.165) is 75.5 Å². The second-order valence-electron chi connectivity index (χ2n) is 18.2. The molecule has 0 unspecified atom stereocenters. The summed E-state index contributed by atoms with van der Waals surface area (Å²) in [6.45, 7) is 13.6. The van der Waals surface area contributed by atoms with Crippen molar-refractivity contribution in [2.75, 3.05) is 13.2 Å². The van der Waals surface area contributed by atoms with Gasteiger partial charge in [0.25, 0.3) is 0 Å². The fourth-order valence-corrected chi connectivity index (χ4v) is 7.23. The minimum Gasteiger partial charge on any atom is -0.462 e. The Bertz CT molecular complexity index is 852. The average Bonchev–Trinajstić information content (AvgIpc) is 3.13. The molecule has 0 saturated heterocycles. The summed E-state index contributed by atoms with van der Waals surface area (Å²) in [5.74, 6) is 1.56. The Labute approximate surface area is 342 Å². The molecule has 0 heterocycles. The molecule has 55 heavy (non-hydrogen) atoms.